The number of unbranched alkanes of at least 4 members (excludes halogenated alkanes) is 1. The van der Waals surface area contributed by atoms with Gasteiger partial charge in [-0.1, -0.05) is 68.0 Å². The topological polar surface area (TPSA) is 0 Å². The molecular weight excluding hydrogens is 216 g/mol. The second-order valence-corrected chi connectivity index (χ2v) is 4.71. The van der Waals surface area contributed by atoms with Gasteiger partial charge in [-0.15, -0.1) is 0 Å². The van der Waals surface area contributed by atoms with Gasteiger partial charge in [0.15, 0.2) is 0 Å². The number of aryl methyl sites for hydroxylation is 1. The van der Waals surface area contributed by atoms with Crippen molar-refractivity contribution < 1.29 is 0 Å². The SMILES string of the molecule is C=C(C=C(C)C=CC)c1ccc(CCCC)cc1. The molecule has 0 aliphatic carbocycles. The van der Waals surface area contributed by atoms with Gasteiger partial charge >= 0.3 is 0 Å². The smallest absolute Gasteiger partial charge is 0.0190 e. The van der Waals surface area contributed by atoms with E-state index in [9.17, 15) is 0 Å². The molecule has 0 N–H and O–H groups in total. The average Bonchev–Trinajstić information content (AvgIpc) is 2.37. The van der Waals surface area contributed by atoms with E-state index in [1.807, 2.05) is 13.0 Å². The first-order valence-electron chi connectivity index (χ1n) is 6.76. The first-order valence-corrected chi connectivity index (χ1v) is 6.76. The summed E-state index contributed by atoms with van der Waals surface area (Å²) in [4.78, 5) is 0. The van der Waals surface area contributed by atoms with Gasteiger partial charge in [0.1, 0.15) is 0 Å². The van der Waals surface area contributed by atoms with Crippen LogP contribution in [0.1, 0.15) is 44.7 Å². The highest BCUT2D eigenvalue weighted by atomic mass is 14.0. The van der Waals surface area contributed by atoms with Crippen molar-refractivity contribution in [2.45, 2.75) is 40.0 Å². The Morgan fingerprint density at radius 3 is 2.44 bits per heavy atom. The van der Waals surface area contributed by atoms with E-state index in [-0.39, 0.29) is 0 Å². The Morgan fingerprint density at radius 1 is 1.22 bits per heavy atom. The second kappa shape index (κ2) is 7.71. The number of rotatable bonds is 6. The summed E-state index contributed by atoms with van der Waals surface area (Å²) >= 11 is 0. The maximum atomic E-state index is 4.13. The maximum Gasteiger partial charge on any atom is -0.0190 e. The predicted octanol–water partition coefficient (Wildman–Crippen LogP) is 5.56. The molecule has 0 fully saturated rings. The van der Waals surface area contributed by atoms with Crippen molar-refractivity contribution in [3.05, 3.63) is 65.8 Å². The third-order valence-electron chi connectivity index (χ3n) is 2.98. The highest BCUT2D eigenvalue weighted by Gasteiger charge is 1.97. The van der Waals surface area contributed by atoms with E-state index in [4.69, 9.17) is 0 Å². The van der Waals surface area contributed by atoms with Crippen molar-refractivity contribution >= 4 is 5.57 Å². The summed E-state index contributed by atoms with van der Waals surface area (Å²) in [5.74, 6) is 0. The minimum atomic E-state index is 1.08. The van der Waals surface area contributed by atoms with Crippen LogP contribution in [0.4, 0.5) is 0 Å². The second-order valence-electron chi connectivity index (χ2n) is 4.71. The summed E-state index contributed by atoms with van der Waals surface area (Å²) in [5, 5.41) is 0. The van der Waals surface area contributed by atoms with E-state index in [2.05, 4.69) is 56.8 Å². The summed E-state index contributed by atoms with van der Waals surface area (Å²) < 4.78 is 0. The lowest BCUT2D eigenvalue weighted by Crippen LogP contribution is -1.86. The lowest BCUT2D eigenvalue weighted by molar-refractivity contribution is 0.795. The molecule has 0 spiro atoms. The zero-order valence-electron chi connectivity index (χ0n) is 11.9. The number of hydrogen-bond donors (Lipinski definition) is 0. The highest BCUT2D eigenvalue weighted by molar-refractivity contribution is 5.73. The standard InChI is InChI=1S/C18H24/c1-5-7-9-17-10-12-18(13-11-17)16(4)14-15(3)8-6-2/h6,8,10-14H,4-5,7,9H2,1-3H3. The molecule has 0 saturated carbocycles. The zero-order valence-corrected chi connectivity index (χ0v) is 11.9. The van der Waals surface area contributed by atoms with Crippen LogP contribution >= 0.6 is 0 Å². The van der Waals surface area contributed by atoms with Crippen molar-refractivity contribution in [3.8, 4) is 0 Å². The van der Waals surface area contributed by atoms with Crippen LogP contribution in [0.15, 0.2) is 54.6 Å². The van der Waals surface area contributed by atoms with Gasteiger partial charge in [-0.25, -0.2) is 0 Å². The molecule has 18 heavy (non-hydrogen) atoms. The van der Waals surface area contributed by atoms with Crippen LogP contribution < -0.4 is 0 Å². The molecule has 0 heterocycles. The van der Waals surface area contributed by atoms with Crippen LogP contribution in [0.5, 0.6) is 0 Å². The highest BCUT2D eigenvalue weighted by Crippen LogP contribution is 2.17. The average molecular weight is 240 g/mol. The first-order chi connectivity index (χ1) is 8.67. The molecule has 0 amide bonds. The summed E-state index contributed by atoms with van der Waals surface area (Å²) in [5.41, 5.74) is 4.94. The van der Waals surface area contributed by atoms with E-state index in [0.717, 1.165) is 5.57 Å². The molecule has 0 aliphatic heterocycles. The monoisotopic (exact) mass is 240 g/mol. The molecule has 0 atom stereocenters. The molecule has 96 valence electrons. The summed E-state index contributed by atoms with van der Waals surface area (Å²) in [6, 6.07) is 8.78. The van der Waals surface area contributed by atoms with Gasteiger partial charge < -0.3 is 0 Å². The van der Waals surface area contributed by atoms with Crippen molar-refractivity contribution in [3.63, 3.8) is 0 Å². The Hall–Kier alpha value is -1.56. The van der Waals surface area contributed by atoms with Crippen LogP contribution in [0.2, 0.25) is 0 Å². The van der Waals surface area contributed by atoms with Crippen LogP contribution in [0.3, 0.4) is 0 Å². The van der Waals surface area contributed by atoms with Crippen molar-refractivity contribution in [1.82, 2.24) is 0 Å². The Labute approximate surface area is 112 Å². The van der Waals surface area contributed by atoms with E-state index in [1.165, 1.54) is 36.0 Å². The van der Waals surface area contributed by atoms with Crippen LogP contribution in [-0.2, 0) is 6.42 Å². The van der Waals surface area contributed by atoms with Gasteiger partial charge in [0.2, 0.25) is 0 Å². The molecule has 0 aliphatic rings. The third kappa shape index (κ3) is 4.75. The van der Waals surface area contributed by atoms with E-state index in [0.29, 0.717) is 0 Å². The third-order valence-corrected chi connectivity index (χ3v) is 2.98. The lowest BCUT2D eigenvalue weighted by Gasteiger charge is -2.04. The summed E-state index contributed by atoms with van der Waals surface area (Å²) in [6.45, 7) is 10.5. The molecule has 0 nitrogen and oxygen atoms in total. The lowest BCUT2D eigenvalue weighted by atomic mass is 10.0. The summed E-state index contributed by atoms with van der Waals surface area (Å²) in [6.07, 6.45) is 9.96. The van der Waals surface area contributed by atoms with Crippen molar-refractivity contribution in [2.24, 2.45) is 0 Å². The van der Waals surface area contributed by atoms with Crippen molar-refractivity contribution in [2.75, 3.05) is 0 Å². The number of benzene rings is 1. The van der Waals surface area contributed by atoms with Crippen molar-refractivity contribution in [1.29, 1.82) is 0 Å². The number of hydrogen-bond acceptors (Lipinski definition) is 0. The molecule has 0 aromatic heterocycles. The zero-order chi connectivity index (χ0) is 13.4. The van der Waals surface area contributed by atoms with Crippen LogP contribution in [0.25, 0.3) is 5.57 Å². The molecule has 0 heteroatoms. The first kappa shape index (κ1) is 14.5. The minimum absolute atomic E-state index is 1.08. The van der Waals surface area contributed by atoms with Gasteiger partial charge in [-0.05, 0) is 43.4 Å². The van der Waals surface area contributed by atoms with Gasteiger partial charge in [0.25, 0.3) is 0 Å². The molecule has 1 rings (SSSR count). The Balaban J connectivity index is 2.73. The molecule has 0 bridgehead atoms. The normalized spacial score (nSPS) is 12.1. The van der Waals surface area contributed by atoms with Gasteiger partial charge in [-0.2, -0.15) is 0 Å². The molecule has 1 aromatic rings. The van der Waals surface area contributed by atoms with Gasteiger partial charge in [0, 0.05) is 0 Å². The van der Waals surface area contributed by atoms with Crippen LogP contribution in [-0.4, -0.2) is 0 Å². The fourth-order valence-electron chi connectivity index (χ4n) is 1.94. The number of allylic oxidation sites excluding steroid dienone is 5. The van der Waals surface area contributed by atoms with Gasteiger partial charge in [-0.3, -0.25) is 0 Å². The largest absolute Gasteiger partial charge is 0.0912 e. The molecule has 0 radical (unpaired) electrons. The fraction of sp³-hybridized carbons (Fsp3) is 0.333. The molecule has 0 saturated heterocycles. The van der Waals surface area contributed by atoms with E-state index < -0.39 is 0 Å². The predicted molar refractivity (Wildman–Crippen MR) is 82.7 cm³/mol. The molecule has 1 aromatic carbocycles. The maximum absolute atomic E-state index is 4.13. The Morgan fingerprint density at radius 2 is 1.89 bits per heavy atom. The fourth-order valence-corrected chi connectivity index (χ4v) is 1.94. The Kier molecular flexibility index (Phi) is 6.21. The Bertz CT molecular complexity index is 430. The van der Waals surface area contributed by atoms with Gasteiger partial charge in [0.05, 0.1) is 0 Å². The van der Waals surface area contributed by atoms with E-state index in [1.54, 1.807) is 0 Å². The quantitative estimate of drug-likeness (QED) is 0.571. The minimum Gasteiger partial charge on any atom is -0.0912 e. The van der Waals surface area contributed by atoms with Crippen LogP contribution in [0, 0.1) is 0 Å². The molecular formula is C18H24. The molecule has 0 unspecified atom stereocenters. The summed E-state index contributed by atoms with van der Waals surface area (Å²) in [7, 11) is 0. The van der Waals surface area contributed by atoms with E-state index >= 15 is 0 Å².